The van der Waals surface area contributed by atoms with Crippen molar-refractivity contribution < 1.29 is 4.79 Å². The third-order valence-corrected chi connectivity index (χ3v) is 3.64. The Morgan fingerprint density at radius 3 is 2.95 bits per heavy atom. The number of carbonyl (C=O) groups is 1. The van der Waals surface area contributed by atoms with Crippen LogP contribution in [0.25, 0.3) is 0 Å². The Morgan fingerprint density at radius 1 is 1.47 bits per heavy atom. The number of hydrogen-bond acceptors (Lipinski definition) is 3. The Bertz CT molecular complexity index is 371. The maximum absolute atomic E-state index is 12.0. The van der Waals surface area contributed by atoms with E-state index in [2.05, 4.69) is 20.2 Å². The maximum atomic E-state index is 12.0. The zero-order valence-electron chi connectivity index (χ0n) is 11.7. The van der Waals surface area contributed by atoms with E-state index in [9.17, 15) is 4.79 Å². The second-order valence-corrected chi connectivity index (χ2v) is 5.34. The summed E-state index contributed by atoms with van der Waals surface area (Å²) in [6, 6.07) is 0. The predicted octanol–water partition coefficient (Wildman–Crippen LogP) is 1.19. The highest BCUT2D eigenvalue weighted by molar-refractivity contribution is 5.78. The molecule has 0 aromatic carbocycles. The summed E-state index contributed by atoms with van der Waals surface area (Å²) in [7, 11) is 0. The number of aromatic amines is 1. The molecule has 106 valence electrons. The summed E-state index contributed by atoms with van der Waals surface area (Å²) in [6.45, 7) is 5.83. The van der Waals surface area contributed by atoms with Crippen LogP contribution in [0.5, 0.6) is 0 Å². The molecule has 0 bridgehead atoms. The normalized spacial score (nSPS) is 18.2. The first-order valence-corrected chi connectivity index (χ1v) is 7.24. The van der Waals surface area contributed by atoms with Crippen molar-refractivity contribution >= 4 is 5.91 Å². The summed E-state index contributed by atoms with van der Waals surface area (Å²) in [5.74, 6) is 1.14. The third-order valence-electron chi connectivity index (χ3n) is 3.64. The van der Waals surface area contributed by atoms with E-state index in [-0.39, 0.29) is 11.8 Å². The molecule has 5 heteroatoms. The molecule has 19 heavy (non-hydrogen) atoms. The molecule has 5 nitrogen and oxygen atoms in total. The molecule has 1 aromatic rings. The minimum atomic E-state index is 0.0645. The van der Waals surface area contributed by atoms with Crippen LogP contribution in [0.3, 0.4) is 0 Å². The number of hydrogen-bond donors (Lipinski definition) is 2. The highest BCUT2D eigenvalue weighted by atomic mass is 16.1. The summed E-state index contributed by atoms with van der Waals surface area (Å²) >= 11 is 0. The number of piperidine rings is 1. The number of H-pyrrole nitrogens is 1. The van der Waals surface area contributed by atoms with Crippen LogP contribution in [0.4, 0.5) is 0 Å². The fraction of sp³-hybridized carbons (Fsp3) is 0.714. The molecule has 1 fully saturated rings. The minimum absolute atomic E-state index is 0.0645. The van der Waals surface area contributed by atoms with Crippen LogP contribution < -0.4 is 5.32 Å². The summed E-state index contributed by atoms with van der Waals surface area (Å²) in [6.07, 6.45) is 8.17. The lowest BCUT2D eigenvalue weighted by Crippen LogP contribution is -2.40. The van der Waals surface area contributed by atoms with Crippen LogP contribution in [-0.2, 0) is 11.2 Å². The van der Waals surface area contributed by atoms with Crippen molar-refractivity contribution in [3.8, 4) is 0 Å². The van der Waals surface area contributed by atoms with Gasteiger partial charge in [0.25, 0.3) is 0 Å². The number of amides is 1. The Hall–Kier alpha value is -1.36. The Kier molecular flexibility index (Phi) is 5.39. The number of imidazole rings is 1. The molecule has 1 aromatic heterocycles. The zero-order valence-corrected chi connectivity index (χ0v) is 11.7. The average Bonchev–Trinajstić information content (AvgIpc) is 2.93. The summed E-state index contributed by atoms with van der Waals surface area (Å²) in [5, 5.41) is 2.98. The molecule has 1 saturated heterocycles. The molecule has 1 aliphatic rings. The van der Waals surface area contributed by atoms with Gasteiger partial charge in [-0.2, -0.15) is 0 Å². The molecular formula is C14H24N4O. The lowest BCUT2D eigenvalue weighted by Gasteiger charge is -2.28. The van der Waals surface area contributed by atoms with Crippen molar-refractivity contribution in [2.24, 2.45) is 5.92 Å². The third kappa shape index (κ3) is 4.67. The molecule has 2 N–H and O–H groups in total. The number of rotatable bonds is 6. The van der Waals surface area contributed by atoms with Gasteiger partial charge in [0.15, 0.2) is 0 Å². The second kappa shape index (κ2) is 7.28. The first kappa shape index (κ1) is 14.1. The molecule has 2 rings (SSSR count). The van der Waals surface area contributed by atoms with Crippen LogP contribution >= 0.6 is 0 Å². The Balaban J connectivity index is 1.64. The van der Waals surface area contributed by atoms with Gasteiger partial charge in [-0.3, -0.25) is 4.79 Å². The van der Waals surface area contributed by atoms with Crippen LogP contribution in [0.15, 0.2) is 12.4 Å². The van der Waals surface area contributed by atoms with Crippen molar-refractivity contribution in [3.05, 3.63) is 18.2 Å². The van der Waals surface area contributed by atoms with Crippen molar-refractivity contribution in [2.75, 3.05) is 26.2 Å². The number of nitrogens with one attached hydrogen (secondary N) is 2. The average molecular weight is 264 g/mol. The van der Waals surface area contributed by atoms with Gasteiger partial charge in [0.05, 0.1) is 0 Å². The monoisotopic (exact) mass is 264 g/mol. The molecule has 0 radical (unpaired) electrons. The van der Waals surface area contributed by atoms with Crippen LogP contribution in [-0.4, -0.2) is 47.0 Å². The first-order valence-electron chi connectivity index (χ1n) is 7.24. The fourth-order valence-electron chi connectivity index (χ4n) is 2.53. The number of nitrogens with zero attached hydrogens (tertiary/aromatic N) is 2. The van der Waals surface area contributed by atoms with Gasteiger partial charge in [-0.05, 0) is 25.9 Å². The number of carbonyl (C=O) groups excluding carboxylic acids is 1. The molecule has 0 aliphatic carbocycles. The smallest absolute Gasteiger partial charge is 0.224 e. The van der Waals surface area contributed by atoms with E-state index in [1.807, 2.05) is 6.92 Å². The van der Waals surface area contributed by atoms with E-state index in [0.29, 0.717) is 6.54 Å². The van der Waals surface area contributed by atoms with Gasteiger partial charge >= 0.3 is 0 Å². The van der Waals surface area contributed by atoms with Gasteiger partial charge < -0.3 is 15.2 Å². The molecule has 1 unspecified atom stereocenters. The molecule has 0 saturated carbocycles. The lowest BCUT2D eigenvalue weighted by molar-refractivity contribution is -0.125. The van der Waals surface area contributed by atoms with E-state index < -0.39 is 0 Å². The molecule has 1 aliphatic heterocycles. The largest absolute Gasteiger partial charge is 0.355 e. The Morgan fingerprint density at radius 2 is 2.26 bits per heavy atom. The first-order chi connectivity index (χ1) is 9.25. The van der Waals surface area contributed by atoms with Crippen molar-refractivity contribution in [1.82, 2.24) is 20.2 Å². The van der Waals surface area contributed by atoms with Gasteiger partial charge in [-0.1, -0.05) is 13.3 Å². The maximum Gasteiger partial charge on any atom is 0.224 e. The van der Waals surface area contributed by atoms with E-state index in [0.717, 1.165) is 31.9 Å². The van der Waals surface area contributed by atoms with E-state index in [1.165, 1.54) is 19.3 Å². The highest BCUT2D eigenvalue weighted by Gasteiger charge is 2.18. The van der Waals surface area contributed by atoms with Crippen LogP contribution in [0, 0.1) is 5.92 Å². The Labute approximate surface area is 114 Å². The highest BCUT2D eigenvalue weighted by Crippen LogP contribution is 2.10. The standard InChI is InChI=1S/C14H24N4O/c1-12(11-18-9-3-2-4-10-18)14(19)17-6-5-13-15-7-8-16-13/h7-8,12H,2-6,9-11H2,1H3,(H,15,16)(H,17,19). The van der Waals surface area contributed by atoms with Gasteiger partial charge in [0, 0.05) is 37.8 Å². The van der Waals surface area contributed by atoms with Gasteiger partial charge in [0.2, 0.25) is 5.91 Å². The topological polar surface area (TPSA) is 61.0 Å². The fourth-order valence-corrected chi connectivity index (χ4v) is 2.53. The summed E-state index contributed by atoms with van der Waals surface area (Å²) in [5.41, 5.74) is 0. The quantitative estimate of drug-likeness (QED) is 0.811. The predicted molar refractivity (Wildman–Crippen MR) is 74.8 cm³/mol. The van der Waals surface area contributed by atoms with Gasteiger partial charge in [-0.15, -0.1) is 0 Å². The van der Waals surface area contributed by atoms with Crippen LogP contribution in [0.1, 0.15) is 32.0 Å². The number of aromatic nitrogens is 2. The molecule has 0 spiro atoms. The molecule has 1 atom stereocenters. The van der Waals surface area contributed by atoms with E-state index in [1.54, 1.807) is 12.4 Å². The van der Waals surface area contributed by atoms with E-state index in [4.69, 9.17) is 0 Å². The van der Waals surface area contributed by atoms with Gasteiger partial charge in [0.1, 0.15) is 5.82 Å². The summed E-state index contributed by atoms with van der Waals surface area (Å²) < 4.78 is 0. The lowest BCUT2D eigenvalue weighted by atomic mass is 10.1. The van der Waals surface area contributed by atoms with Crippen LogP contribution in [0.2, 0.25) is 0 Å². The van der Waals surface area contributed by atoms with E-state index >= 15 is 0 Å². The second-order valence-electron chi connectivity index (χ2n) is 5.34. The molecule has 1 amide bonds. The zero-order chi connectivity index (χ0) is 13.5. The van der Waals surface area contributed by atoms with Gasteiger partial charge in [-0.25, -0.2) is 4.98 Å². The van der Waals surface area contributed by atoms with Crippen molar-refractivity contribution in [2.45, 2.75) is 32.6 Å². The summed E-state index contributed by atoms with van der Waals surface area (Å²) in [4.78, 5) is 21.6. The van der Waals surface area contributed by atoms with Crippen molar-refractivity contribution in [1.29, 1.82) is 0 Å². The SMILES string of the molecule is CC(CN1CCCCC1)C(=O)NCCc1ncc[nH]1. The minimum Gasteiger partial charge on any atom is -0.355 e. The molecular weight excluding hydrogens is 240 g/mol. The van der Waals surface area contributed by atoms with Crippen molar-refractivity contribution in [3.63, 3.8) is 0 Å². The number of likely N-dealkylation sites (tertiary alicyclic amines) is 1. The molecule has 2 heterocycles.